The summed E-state index contributed by atoms with van der Waals surface area (Å²) >= 11 is 5.95. The van der Waals surface area contributed by atoms with Gasteiger partial charge in [0.1, 0.15) is 0 Å². The molecule has 1 unspecified atom stereocenters. The molecule has 0 aromatic heterocycles. The van der Waals surface area contributed by atoms with E-state index in [1.165, 1.54) is 5.56 Å². The summed E-state index contributed by atoms with van der Waals surface area (Å²) in [7, 11) is 0. The first-order valence-corrected chi connectivity index (χ1v) is 5.66. The Bertz CT molecular complexity index is 341. The predicted molar refractivity (Wildman–Crippen MR) is 64.4 cm³/mol. The van der Waals surface area contributed by atoms with E-state index in [-0.39, 0.29) is 0 Å². The fraction of sp³-hybridized carbons (Fsp3) is 0.455. The number of hydrogen-bond acceptors (Lipinski definition) is 3. The zero-order chi connectivity index (χ0) is 10.7. The van der Waals surface area contributed by atoms with Crippen molar-refractivity contribution in [1.29, 1.82) is 0 Å². The summed E-state index contributed by atoms with van der Waals surface area (Å²) in [6.07, 6.45) is 1.09. The third-order valence-corrected chi connectivity index (χ3v) is 2.91. The number of nitrogens with two attached hydrogens (primary N) is 1. The zero-order valence-electron chi connectivity index (χ0n) is 8.59. The van der Waals surface area contributed by atoms with Gasteiger partial charge in [0.2, 0.25) is 0 Å². The van der Waals surface area contributed by atoms with E-state index in [1.54, 1.807) is 0 Å². The second kappa shape index (κ2) is 4.84. The van der Waals surface area contributed by atoms with Crippen LogP contribution in [0, 0.1) is 0 Å². The van der Waals surface area contributed by atoms with Gasteiger partial charge in [0.05, 0.1) is 0 Å². The van der Waals surface area contributed by atoms with Gasteiger partial charge in [0, 0.05) is 36.4 Å². The molecule has 0 amide bonds. The largest absolute Gasteiger partial charge is 0.385 e. The summed E-state index contributed by atoms with van der Waals surface area (Å²) < 4.78 is 0. The molecule has 0 fully saturated rings. The van der Waals surface area contributed by atoms with Gasteiger partial charge in [-0.1, -0.05) is 17.7 Å². The first-order chi connectivity index (χ1) is 7.31. The van der Waals surface area contributed by atoms with Gasteiger partial charge in [-0.15, -0.1) is 0 Å². The Morgan fingerprint density at radius 2 is 2.40 bits per heavy atom. The Morgan fingerprint density at radius 1 is 1.53 bits per heavy atom. The molecule has 1 aromatic carbocycles. The molecule has 3 nitrogen and oxygen atoms in total. The van der Waals surface area contributed by atoms with Crippen LogP contribution in [-0.4, -0.2) is 19.6 Å². The molecule has 1 aromatic rings. The number of rotatable bonds is 3. The standard InChI is InChI=1S/C11H16ClN3/c12-8-1-2-9-10(15-6-4-13)3-5-14-11(9)7-8/h1-2,7,10,14-15H,3-6,13H2. The molecule has 0 bridgehead atoms. The van der Waals surface area contributed by atoms with Crippen LogP contribution < -0.4 is 16.4 Å². The first kappa shape index (κ1) is 10.7. The van der Waals surface area contributed by atoms with Gasteiger partial charge in [0.15, 0.2) is 0 Å². The highest BCUT2D eigenvalue weighted by atomic mass is 35.5. The highest BCUT2D eigenvalue weighted by Gasteiger charge is 2.18. The van der Waals surface area contributed by atoms with Crippen LogP contribution in [0.25, 0.3) is 0 Å². The molecule has 1 heterocycles. The lowest BCUT2D eigenvalue weighted by molar-refractivity contribution is 0.508. The van der Waals surface area contributed by atoms with Crippen molar-refractivity contribution in [2.24, 2.45) is 5.73 Å². The van der Waals surface area contributed by atoms with Gasteiger partial charge in [0.25, 0.3) is 0 Å². The van der Waals surface area contributed by atoms with Gasteiger partial charge < -0.3 is 16.4 Å². The van der Waals surface area contributed by atoms with Crippen molar-refractivity contribution in [1.82, 2.24) is 5.32 Å². The molecule has 0 spiro atoms. The Kier molecular flexibility index (Phi) is 3.46. The predicted octanol–water partition coefficient (Wildman–Crippen LogP) is 1.74. The molecule has 4 N–H and O–H groups in total. The van der Waals surface area contributed by atoms with Crippen molar-refractivity contribution < 1.29 is 0 Å². The first-order valence-electron chi connectivity index (χ1n) is 5.28. The SMILES string of the molecule is NCCNC1CCNc2cc(Cl)ccc21. The van der Waals surface area contributed by atoms with E-state index in [0.717, 1.165) is 30.2 Å². The lowest BCUT2D eigenvalue weighted by Crippen LogP contribution is -2.31. The highest BCUT2D eigenvalue weighted by Crippen LogP contribution is 2.31. The molecule has 2 rings (SSSR count). The van der Waals surface area contributed by atoms with E-state index in [9.17, 15) is 0 Å². The number of halogens is 1. The van der Waals surface area contributed by atoms with E-state index >= 15 is 0 Å². The summed E-state index contributed by atoms with van der Waals surface area (Å²) in [6, 6.07) is 6.40. The van der Waals surface area contributed by atoms with Crippen LogP contribution in [0.15, 0.2) is 18.2 Å². The molecule has 1 aliphatic rings. The molecule has 1 atom stereocenters. The maximum Gasteiger partial charge on any atom is 0.0426 e. The lowest BCUT2D eigenvalue weighted by Gasteiger charge is -2.27. The molecule has 15 heavy (non-hydrogen) atoms. The number of hydrogen-bond donors (Lipinski definition) is 3. The van der Waals surface area contributed by atoms with Crippen molar-refractivity contribution in [3.05, 3.63) is 28.8 Å². The lowest BCUT2D eigenvalue weighted by atomic mass is 9.98. The topological polar surface area (TPSA) is 50.1 Å². The van der Waals surface area contributed by atoms with E-state index in [2.05, 4.69) is 16.7 Å². The van der Waals surface area contributed by atoms with Crippen LogP contribution in [-0.2, 0) is 0 Å². The summed E-state index contributed by atoms with van der Waals surface area (Å²) in [5, 5.41) is 7.57. The molecular weight excluding hydrogens is 210 g/mol. The summed E-state index contributed by atoms with van der Waals surface area (Å²) in [6.45, 7) is 2.51. The minimum absolute atomic E-state index is 0.405. The fourth-order valence-corrected chi connectivity index (χ4v) is 2.13. The van der Waals surface area contributed by atoms with E-state index in [4.69, 9.17) is 17.3 Å². The van der Waals surface area contributed by atoms with Gasteiger partial charge in [-0.2, -0.15) is 0 Å². The van der Waals surface area contributed by atoms with Gasteiger partial charge in [-0.05, 0) is 24.1 Å². The summed E-state index contributed by atoms with van der Waals surface area (Å²) in [5.41, 5.74) is 7.92. The Hall–Kier alpha value is -0.770. The van der Waals surface area contributed by atoms with Crippen molar-refractivity contribution in [2.45, 2.75) is 12.5 Å². The normalized spacial score (nSPS) is 19.5. The molecule has 0 aliphatic carbocycles. The van der Waals surface area contributed by atoms with Crippen LogP contribution in [0.1, 0.15) is 18.0 Å². The summed E-state index contributed by atoms with van der Waals surface area (Å²) in [4.78, 5) is 0. The van der Waals surface area contributed by atoms with Crippen LogP contribution >= 0.6 is 11.6 Å². The van der Waals surface area contributed by atoms with Crippen molar-refractivity contribution in [3.63, 3.8) is 0 Å². The van der Waals surface area contributed by atoms with Gasteiger partial charge in [-0.3, -0.25) is 0 Å². The van der Waals surface area contributed by atoms with E-state index < -0.39 is 0 Å². The third kappa shape index (κ3) is 2.43. The Balaban J connectivity index is 2.18. The quantitative estimate of drug-likeness (QED) is 0.735. The molecule has 0 radical (unpaired) electrons. The summed E-state index contributed by atoms with van der Waals surface area (Å²) in [5.74, 6) is 0. The van der Waals surface area contributed by atoms with Crippen LogP contribution in [0.3, 0.4) is 0 Å². The minimum atomic E-state index is 0.405. The third-order valence-electron chi connectivity index (χ3n) is 2.67. The number of benzene rings is 1. The molecule has 1 aliphatic heterocycles. The van der Waals surface area contributed by atoms with Gasteiger partial charge in [-0.25, -0.2) is 0 Å². The fourth-order valence-electron chi connectivity index (χ4n) is 1.96. The smallest absolute Gasteiger partial charge is 0.0426 e. The molecule has 0 saturated carbocycles. The van der Waals surface area contributed by atoms with E-state index in [1.807, 2.05) is 12.1 Å². The monoisotopic (exact) mass is 225 g/mol. The van der Waals surface area contributed by atoms with E-state index in [0.29, 0.717) is 12.6 Å². The minimum Gasteiger partial charge on any atom is -0.385 e. The van der Waals surface area contributed by atoms with Gasteiger partial charge >= 0.3 is 0 Å². The maximum absolute atomic E-state index is 5.95. The molecule has 4 heteroatoms. The van der Waals surface area contributed by atoms with Crippen molar-refractivity contribution in [2.75, 3.05) is 25.0 Å². The molecule has 82 valence electrons. The second-order valence-corrected chi connectivity index (χ2v) is 4.18. The molecular formula is C11H16ClN3. The number of anilines is 1. The Labute approximate surface area is 95.0 Å². The zero-order valence-corrected chi connectivity index (χ0v) is 9.35. The average Bonchev–Trinajstić information content (AvgIpc) is 2.25. The van der Waals surface area contributed by atoms with Crippen LogP contribution in [0.5, 0.6) is 0 Å². The van der Waals surface area contributed by atoms with Crippen molar-refractivity contribution in [3.8, 4) is 0 Å². The van der Waals surface area contributed by atoms with Crippen molar-refractivity contribution >= 4 is 17.3 Å². The maximum atomic E-state index is 5.95. The highest BCUT2D eigenvalue weighted by molar-refractivity contribution is 6.30. The van der Waals surface area contributed by atoms with Crippen LogP contribution in [0.4, 0.5) is 5.69 Å². The Morgan fingerprint density at radius 3 is 3.20 bits per heavy atom. The molecule has 0 saturated heterocycles. The second-order valence-electron chi connectivity index (χ2n) is 3.74. The number of fused-ring (bicyclic) bond motifs is 1. The van der Waals surface area contributed by atoms with Crippen LogP contribution in [0.2, 0.25) is 5.02 Å². The number of nitrogens with one attached hydrogen (secondary N) is 2. The average molecular weight is 226 g/mol.